The third kappa shape index (κ3) is 2.66. The van der Waals surface area contributed by atoms with E-state index >= 15 is 0 Å². The Morgan fingerprint density at radius 1 is 1.42 bits per heavy atom. The summed E-state index contributed by atoms with van der Waals surface area (Å²) in [5.41, 5.74) is -1.61. The predicted octanol–water partition coefficient (Wildman–Crippen LogP) is 0.838. The SMILES string of the molecule is C=CC(=O)NC(C)(C)C(C)(C)O. The van der Waals surface area contributed by atoms with Crippen LogP contribution in [0.1, 0.15) is 27.7 Å². The minimum atomic E-state index is -0.953. The van der Waals surface area contributed by atoms with Crippen LogP contribution in [-0.2, 0) is 4.79 Å². The van der Waals surface area contributed by atoms with E-state index in [0.717, 1.165) is 0 Å². The van der Waals surface area contributed by atoms with Gasteiger partial charge in [-0.15, -0.1) is 0 Å². The number of hydrogen-bond donors (Lipinski definition) is 2. The topological polar surface area (TPSA) is 49.3 Å². The summed E-state index contributed by atoms with van der Waals surface area (Å²) in [5, 5.41) is 12.3. The van der Waals surface area contributed by atoms with Gasteiger partial charge in [0.05, 0.1) is 11.1 Å². The van der Waals surface area contributed by atoms with E-state index in [4.69, 9.17) is 0 Å². The van der Waals surface area contributed by atoms with Crippen LogP contribution in [0.25, 0.3) is 0 Å². The fourth-order valence-corrected chi connectivity index (χ4v) is 0.512. The van der Waals surface area contributed by atoms with Crippen LogP contribution < -0.4 is 5.32 Å². The summed E-state index contributed by atoms with van der Waals surface area (Å²) in [6.07, 6.45) is 1.19. The molecule has 0 aromatic heterocycles. The molecule has 0 aliphatic rings. The third-order valence-corrected chi connectivity index (χ3v) is 2.15. The first-order valence-corrected chi connectivity index (χ1v) is 3.87. The number of nitrogens with one attached hydrogen (secondary N) is 1. The van der Waals surface area contributed by atoms with Gasteiger partial charge in [-0.1, -0.05) is 6.58 Å². The van der Waals surface area contributed by atoms with Crippen molar-refractivity contribution in [3.8, 4) is 0 Å². The highest BCUT2D eigenvalue weighted by atomic mass is 16.3. The van der Waals surface area contributed by atoms with Crippen LogP contribution in [-0.4, -0.2) is 22.2 Å². The van der Waals surface area contributed by atoms with Gasteiger partial charge in [0.1, 0.15) is 0 Å². The molecule has 0 rings (SSSR count). The van der Waals surface area contributed by atoms with Crippen molar-refractivity contribution in [2.24, 2.45) is 0 Å². The second-order valence-electron chi connectivity index (χ2n) is 3.88. The summed E-state index contributed by atoms with van der Waals surface area (Å²) < 4.78 is 0. The molecule has 0 aliphatic carbocycles. The Morgan fingerprint density at radius 2 is 1.83 bits per heavy atom. The standard InChI is InChI=1S/C9H17NO2/c1-6-7(11)10-8(2,3)9(4,5)12/h6,12H,1H2,2-5H3,(H,10,11). The van der Waals surface area contributed by atoms with Crippen LogP contribution in [0.15, 0.2) is 12.7 Å². The first-order chi connectivity index (χ1) is 5.20. The maximum atomic E-state index is 10.9. The van der Waals surface area contributed by atoms with Gasteiger partial charge in [0, 0.05) is 0 Å². The molecule has 2 N–H and O–H groups in total. The largest absolute Gasteiger partial charge is 0.388 e. The monoisotopic (exact) mass is 171 g/mol. The second kappa shape index (κ2) is 3.27. The number of rotatable bonds is 3. The van der Waals surface area contributed by atoms with Crippen LogP contribution in [0, 0.1) is 0 Å². The van der Waals surface area contributed by atoms with Crippen molar-refractivity contribution in [1.82, 2.24) is 5.32 Å². The Labute approximate surface area is 73.5 Å². The molecule has 0 radical (unpaired) electrons. The first kappa shape index (κ1) is 11.2. The smallest absolute Gasteiger partial charge is 0.243 e. The summed E-state index contributed by atoms with van der Waals surface area (Å²) in [7, 11) is 0. The van der Waals surface area contributed by atoms with Gasteiger partial charge in [0.15, 0.2) is 0 Å². The molecule has 12 heavy (non-hydrogen) atoms. The molecular formula is C9H17NO2. The van der Waals surface area contributed by atoms with Gasteiger partial charge in [0.25, 0.3) is 0 Å². The van der Waals surface area contributed by atoms with E-state index < -0.39 is 11.1 Å². The van der Waals surface area contributed by atoms with Crippen molar-refractivity contribution in [2.45, 2.75) is 38.8 Å². The van der Waals surface area contributed by atoms with Crippen molar-refractivity contribution in [1.29, 1.82) is 0 Å². The number of carbonyl (C=O) groups excluding carboxylic acids is 1. The lowest BCUT2D eigenvalue weighted by molar-refractivity contribution is -0.121. The van der Waals surface area contributed by atoms with Gasteiger partial charge in [-0.2, -0.15) is 0 Å². The maximum Gasteiger partial charge on any atom is 0.243 e. The van der Waals surface area contributed by atoms with Crippen molar-refractivity contribution in [2.75, 3.05) is 0 Å². The Bertz CT molecular complexity index is 189. The Kier molecular flexibility index (Phi) is 3.04. The first-order valence-electron chi connectivity index (χ1n) is 3.87. The predicted molar refractivity (Wildman–Crippen MR) is 48.7 cm³/mol. The molecular weight excluding hydrogens is 154 g/mol. The lowest BCUT2D eigenvalue weighted by atomic mass is 9.86. The fraction of sp³-hybridized carbons (Fsp3) is 0.667. The van der Waals surface area contributed by atoms with Crippen LogP contribution in [0.5, 0.6) is 0 Å². The Morgan fingerprint density at radius 3 is 2.08 bits per heavy atom. The molecule has 1 amide bonds. The van der Waals surface area contributed by atoms with Crippen LogP contribution in [0.3, 0.4) is 0 Å². The number of carbonyl (C=O) groups is 1. The average molecular weight is 171 g/mol. The van der Waals surface area contributed by atoms with E-state index in [0.29, 0.717) is 0 Å². The highest BCUT2D eigenvalue weighted by Crippen LogP contribution is 2.20. The van der Waals surface area contributed by atoms with Crippen molar-refractivity contribution in [3.63, 3.8) is 0 Å². The molecule has 70 valence electrons. The number of hydrogen-bond acceptors (Lipinski definition) is 2. The maximum absolute atomic E-state index is 10.9. The van der Waals surface area contributed by atoms with Crippen LogP contribution >= 0.6 is 0 Å². The van der Waals surface area contributed by atoms with E-state index in [2.05, 4.69) is 11.9 Å². The highest BCUT2D eigenvalue weighted by Gasteiger charge is 2.35. The quantitative estimate of drug-likeness (QED) is 0.618. The fourth-order valence-electron chi connectivity index (χ4n) is 0.512. The van der Waals surface area contributed by atoms with Gasteiger partial charge < -0.3 is 10.4 Å². The third-order valence-electron chi connectivity index (χ3n) is 2.15. The summed E-state index contributed by atoms with van der Waals surface area (Å²) in [4.78, 5) is 10.9. The minimum Gasteiger partial charge on any atom is -0.388 e. The summed E-state index contributed by atoms with van der Waals surface area (Å²) in [6, 6.07) is 0. The number of amides is 1. The van der Waals surface area contributed by atoms with E-state index in [1.54, 1.807) is 27.7 Å². The van der Waals surface area contributed by atoms with Crippen LogP contribution in [0.2, 0.25) is 0 Å². The van der Waals surface area contributed by atoms with E-state index in [1.807, 2.05) is 0 Å². The van der Waals surface area contributed by atoms with Crippen molar-refractivity contribution < 1.29 is 9.90 Å². The molecule has 0 fully saturated rings. The van der Waals surface area contributed by atoms with Gasteiger partial charge in [-0.05, 0) is 33.8 Å². The molecule has 0 bridgehead atoms. The molecule has 3 nitrogen and oxygen atoms in total. The van der Waals surface area contributed by atoms with Crippen LogP contribution in [0.4, 0.5) is 0 Å². The van der Waals surface area contributed by atoms with Crippen molar-refractivity contribution in [3.05, 3.63) is 12.7 Å². The molecule has 0 aromatic rings. The Balaban J connectivity index is 4.43. The molecule has 0 aromatic carbocycles. The zero-order chi connectivity index (χ0) is 9.99. The average Bonchev–Trinajstić information content (AvgIpc) is 1.84. The van der Waals surface area contributed by atoms with Gasteiger partial charge in [-0.3, -0.25) is 4.79 Å². The lowest BCUT2D eigenvalue weighted by Crippen LogP contribution is -2.57. The van der Waals surface area contributed by atoms with Gasteiger partial charge in [-0.25, -0.2) is 0 Å². The lowest BCUT2D eigenvalue weighted by Gasteiger charge is -2.37. The molecule has 0 saturated heterocycles. The molecule has 0 saturated carbocycles. The summed E-state index contributed by atoms with van der Waals surface area (Å²) in [6.45, 7) is 10.1. The molecule has 0 unspecified atom stereocenters. The van der Waals surface area contributed by atoms with Gasteiger partial charge in [0.2, 0.25) is 5.91 Å². The molecule has 0 atom stereocenters. The number of aliphatic hydroxyl groups is 1. The molecule has 0 heterocycles. The zero-order valence-corrected chi connectivity index (χ0v) is 8.14. The normalized spacial score (nSPS) is 12.4. The summed E-state index contributed by atoms with van der Waals surface area (Å²) >= 11 is 0. The van der Waals surface area contributed by atoms with E-state index in [-0.39, 0.29) is 5.91 Å². The van der Waals surface area contributed by atoms with Crippen molar-refractivity contribution >= 4 is 5.91 Å². The Hall–Kier alpha value is -0.830. The molecule has 0 aliphatic heterocycles. The van der Waals surface area contributed by atoms with E-state index in [9.17, 15) is 9.90 Å². The highest BCUT2D eigenvalue weighted by molar-refractivity contribution is 5.87. The zero-order valence-electron chi connectivity index (χ0n) is 8.14. The van der Waals surface area contributed by atoms with Gasteiger partial charge >= 0.3 is 0 Å². The summed E-state index contributed by atoms with van der Waals surface area (Å²) in [5.74, 6) is -0.276. The minimum absolute atomic E-state index is 0.276. The second-order valence-corrected chi connectivity index (χ2v) is 3.88. The molecule has 3 heteroatoms. The van der Waals surface area contributed by atoms with E-state index in [1.165, 1.54) is 6.08 Å². The molecule has 0 spiro atoms.